The van der Waals surface area contributed by atoms with Crippen molar-refractivity contribution in [2.45, 2.75) is 58.2 Å². The maximum Gasteiger partial charge on any atom is 0.221 e. The molecule has 142 valence electrons. The molecule has 0 radical (unpaired) electrons. The van der Waals surface area contributed by atoms with Crippen molar-refractivity contribution in [3.63, 3.8) is 0 Å². The van der Waals surface area contributed by atoms with Gasteiger partial charge < -0.3 is 25.0 Å². The Balaban J connectivity index is 2.26. The van der Waals surface area contributed by atoms with Crippen molar-refractivity contribution in [2.24, 2.45) is 0 Å². The summed E-state index contributed by atoms with van der Waals surface area (Å²) in [5.41, 5.74) is 0. The summed E-state index contributed by atoms with van der Waals surface area (Å²) in [4.78, 5) is 13.9. The maximum absolute atomic E-state index is 11.7. The minimum absolute atomic E-state index is 0.0720. The van der Waals surface area contributed by atoms with Gasteiger partial charge in [0.1, 0.15) is 0 Å². The van der Waals surface area contributed by atoms with Crippen molar-refractivity contribution < 1.29 is 14.3 Å². The molecule has 1 saturated carbocycles. The fourth-order valence-corrected chi connectivity index (χ4v) is 2.86. The number of carbonyl (C=O) groups excluding carboxylic acids is 1. The monoisotopic (exact) mass is 343 g/mol. The Morgan fingerprint density at radius 1 is 1.08 bits per heavy atom. The first-order valence-electron chi connectivity index (χ1n) is 9.55. The molecule has 6 heteroatoms. The third kappa shape index (κ3) is 8.97. The van der Waals surface area contributed by atoms with Crippen LogP contribution >= 0.6 is 0 Å². The van der Waals surface area contributed by atoms with E-state index in [1.807, 2.05) is 6.92 Å². The lowest BCUT2D eigenvalue weighted by Crippen LogP contribution is -2.42. The van der Waals surface area contributed by atoms with E-state index in [9.17, 15) is 4.79 Å². The van der Waals surface area contributed by atoms with Crippen LogP contribution in [0.15, 0.2) is 0 Å². The molecule has 1 rings (SSSR count). The van der Waals surface area contributed by atoms with E-state index in [1.54, 1.807) is 0 Å². The standard InChI is InChI=1S/C18H37N3O3/c1-4-19-12-9-17(22)20-13-15-23-18(10-7-6-8-11-18)24-16-14-21(3)5-2/h19H,4-16H2,1-3H3,(H,20,22). The van der Waals surface area contributed by atoms with Gasteiger partial charge in [-0.25, -0.2) is 0 Å². The number of nitrogens with zero attached hydrogens (tertiary/aromatic N) is 1. The lowest BCUT2D eigenvalue weighted by atomic mass is 9.94. The Morgan fingerprint density at radius 3 is 2.46 bits per heavy atom. The van der Waals surface area contributed by atoms with E-state index in [0.29, 0.717) is 26.2 Å². The van der Waals surface area contributed by atoms with Crippen LogP contribution in [0.4, 0.5) is 0 Å². The molecule has 0 unspecified atom stereocenters. The van der Waals surface area contributed by atoms with Crippen LogP contribution in [0, 0.1) is 0 Å². The SMILES string of the molecule is CCNCCC(=O)NCCOC1(OCCN(C)CC)CCCCC1. The van der Waals surface area contributed by atoms with Crippen LogP contribution in [0.25, 0.3) is 0 Å². The highest BCUT2D eigenvalue weighted by Crippen LogP contribution is 2.32. The summed E-state index contributed by atoms with van der Waals surface area (Å²) in [7, 11) is 2.10. The number of ether oxygens (including phenoxy) is 2. The van der Waals surface area contributed by atoms with E-state index < -0.39 is 5.79 Å². The van der Waals surface area contributed by atoms with Gasteiger partial charge in [0.2, 0.25) is 5.91 Å². The highest BCUT2D eigenvalue weighted by molar-refractivity contribution is 5.75. The molecule has 0 aromatic rings. The normalized spacial score (nSPS) is 17.2. The molecule has 24 heavy (non-hydrogen) atoms. The van der Waals surface area contributed by atoms with Gasteiger partial charge in [0.15, 0.2) is 5.79 Å². The molecule has 2 N–H and O–H groups in total. The first kappa shape index (κ1) is 21.4. The molecular formula is C18H37N3O3. The van der Waals surface area contributed by atoms with Crippen LogP contribution in [0.1, 0.15) is 52.4 Å². The molecule has 0 aliphatic heterocycles. The van der Waals surface area contributed by atoms with Gasteiger partial charge >= 0.3 is 0 Å². The molecular weight excluding hydrogens is 306 g/mol. The van der Waals surface area contributed by atoms with E-state index in [1.165, 1.54) is 6.42 Å². The average Bonchev–Trinajstić information content (AvgIpc) is 2.60. The summed E-state index contributed by atoms with van der Waals surface area (Å²) in [6.45, 7) is 9.49. The number of amides is 1. The van der Waals surface area contributed by atoms with Crippen molar-refractivity contribution in [1.29, 1.82) is 0 Å². The average molecular weight is 344 g/mol. The number of rotatable bonds is 13. The van der Waals surface area contributed by atoms with Gasteiger partial charge in [-0.3, -0.25) is 4.79 Å². The van der Waals surface area contributed by atoms with Crippen LogP contribution in [0.2, 0.25) is 0 Å². The molecule has 0 aromatic carbocycles. The van der Waals surface area contributed by atoms with Crippen molar-refractivity contribution >= 4 is 5.91 Å². The predicted molar refractivity (Wildman–Crippen MR) is 97.1 cm³/mol. The minimum Gasteiger partial charge on any atom is -0.354 e. The van der Waals surface area contributed by atoms with Gasteiger partial charge in [0.25, 0.3) is 0 Å². The van der Waals surface area contributed by atoms with Gasteiger partial charge in [-0.15, -0.1) is 0 Å². The van der Waals surface area contributed by atoms with Crippen molar-refractivity contribution in [2.75, 3.05) is 53.0 Å². The molecule has 0 spiro atoms. The minimum atomic E-state index is -0.443. The Hall–Kier alpha value is -0.690. The zero-order chi connectivity index (χ0) is 17.7. The third-order valence-electron chi connectivity index (χ3n) is 4.56. The zero-order valence-electron chi connectivity index (χ0n) is 15.9. The number of carbonyl (C=O) groups is 1. The second-order valence-corrected chi connectivity index (χ2v) is 6.52. The molecule has 0 aromatic heterocycles. The van der Waals surface area contributed by atoms with Gasteiger partial charge in [0.05, 0.1) is 13.2 Å². The van der Waals surface area contributed by atoms with Crippen LogP contribution < -0.4 is 10.6 Å². The molecule has 6 nitrogen and oxygen atoms in total. The van der Waals surface area contributed by atoms with Crippen LogP contribution in [-0.4, -0.2) is 69.6 Å². The fraction of sp³-hybridized carbons (Fsp3) is 0.944. The lowest BCUT2D eigenvalue weighted by Gasteiger charge is -2.37. The molecule has 1 aliphatic rings. The maximum atomic E-state index is 11.7. The Morgan fingerprint density at radius 2 is 1.79 bits per heavy atom. The summed E-state index contributed by atoms with van der Waals surface area (Å²) < 4.78 is 12.2. The number of nitrogens with one attached hydrogen (secondary N) is 2. The van der Waals surface area contributed by atoms with Gasteiger partial charge in [-0.05, 0) is 33.0 Å². The van der Waals surface area contributed by atoms with E-state index >= 15 is 0 Å². The van der Waals surface area contributed by atoms with Crippen LogP contribution in [-0.2, 0) is 14.3 Å². The zero-order valence-corrected chi connectivity index (χ0v) is 15.9. The first-order valence-corrected chi connectivity index (χ1v) is 9.55. The van der Waals surface area contributed by atoms with E-state index in [-0.39, 0.29) is 5.91 Å². The van der Waals surface area contributed by atoms with Crippen LogP contribution in [0.5, 0.6) is 0 Å². The van der Waals surface area contributed by atoms with Crippen molar-refractivity contribution in [3.05, 3.63) is 0 Å². The smallest absolute Gasteiger partial charge is 0.221 e. The Kier molecular flexibility index (Phi) is 11.2. The third-order valence-corrected chi connectivity index (χ3v) is 4.56. The molecule has 0 saturated heterocycles. The summed E-state index contributed by atoms with van der Waals surface area (Å²) in [6, 6.07) is 0. The predicted octanol–water partition coefficient (Wildman–Crippen LogP) is 1.75. The number of hydrogen-bond donors (Lipinski definition) is 2. The lowest BCUT2D eigenvalue weighted by molar-refractivity contribution is -0.252. The first-order chi connectivity index (χ1) is 11.6. The number of hydrogen-bond acceptors (Lipinski definition) is 5. The van der Waals surface area contributed by atoms with E-state index in [2.05, 4.69) is 29.5 Å². The summed E-state index contributed by atoms with van der Waals surface area (Å²) in [5.74, 6) is -0.371. The Bertz CT molecular complexity index is 333. The second-order valence-electron chi connectivity index (χ2n) is 6.52. The summed E-state index contributed by atoms with van der Waals surface area (Å²) >= 11 is 0. The van der Waals surface area contributed by atoms with Gasteiger partial charge in [0, 0.05) is 38.9 Å². The molecule has 1 aliphatic carbocycles. The van der Waals surface area contributed by atoms with Gasteiger partial charge in [-0.2, -0.15) is 0 Å². The molecule has 1 fully saturated rings. The largest absolute Gasteiger partial charge is 0.354 e. The van der Waals surface area contributed by atoms with Crippen LogP contribution in [0.3, 0.4) is 0 Å². The van der Waals surface area contributed by atoms with E-state index in [4.69, 9.17) is 9.47 Å². The molecule has 0 atom stereocenters. The molecule has 0 bridgehead atoms. The highest BCUT2D eigenvalue weighted by atomic mass is 16.7. The molecule has 1 amide bonds. The molecule has 0 heterocycles. The summed E-state index contributed by atoms with van der Waals surface area (Å²) in [6.07, 6.45) is 5.98. The van der Waals surface area contributed by atoms with E-state index in [0.717, 1.165) is 51.9 Å². The quantitative estimate of drug-likeness (QED) is 0.394. The Labute approximate surface area is 147 Å². The topological polar surface area (TPSA) is 62.8 Å². The second kappa shape index (κ2) is 12.6. The van der Waals surface area contributed by atoms with Crippen molar-refractivity contribution in [3.8, 4) is 0 Å². The fourth-order valence-electron chi connectivity index (χ4n) is 2.86. The van der Waals surface area contributed by atoms with Gasteiger partial charge in [-0.1, -0.05) is 20.3 Å². The highest BCUT2D eigenvalue weighted by Gasteiger charge is 2.33. The number of likely N-dealkylation sites (N-methyl/N-ethyl adjacent to an activating group) is 1. The van der Waals surface area contributed by atoms with Crippen molar-refractivity contribution in [1.82, 2.24) is 15.5 Å². The summed E-state index contributed by atoms with van der Waals surface area (Å²) in [5, 5.41) is 6.06.